The molecule has 118 valence electrons. The number of ether oxygens (including phenoxy) is 1. The van der Waals surface area contributed by atoms with Crippen LogP contribution in [0.3, 0.4) is 0 Å². The van der Waals surface area contributed by atoms with Crippen molar-refractivity contribution in [3.63, 3.8) is 0 Å². The lowest BCUT2D eigenvalue weighted by atomic mass is 10.2. The molecular weight excluding hydrogens is 306 g/mol. The fourth-order valence-electron chi connectivity index (χ4n) is 2.37. The summed E-state index contributed by atoms with van der Waals surface area (Å²) in [6, 6.07) is 18.1. The maximum Gasteiger partial charge on any atom is 0.196 e. The number of hydrogen-bond acceptors (Lipinski definition) is 4. The molecule has 0 aliphatic carbocycles. The minimum Gasteiger partial charge on any atom is -0.496 e. The summed E-state index contributed by atoms with van der Waals surface area (Å²) in [4.78, 5) is 0. The van der Waals surface area contributed by atoms with Crippen molar-refractivity contribution in [2.24, 2.45) is 0 Å². The van der Waals surface area contributed by atoms with Gasteiger partial charge >= 0.3 is 0 Å². The van der Waals surface area contributed by atoms with E-state index in [1.54, 1.807) is 18.9 Å². The first-order valence-corrected chi connectivity index (χ1v) is 8.39. The summed E-state index contributed by atoms with van der Waals surface area (Å²) < 4.78 is 7.58. The molecular formula is C18H19N3OS. The third kappa shape index (κ3) is 3.24. The Balaban J connectivity index is 2.20. The van der Waals surface area contributed by atoms with Gasteiger partial charge in [-0.2, -0.15) is 0 Å². The van der Waals surface area contributed by atoms with Gasteiger partial charge in [0.2, 0.25) is 0 Å². The Morgan fingerprint density at radius 3 is 2.35 bits per heavy atom. The van der Waals surface area contributed by atoms with Crippen LogP contribution in [-0.4, -0.2) is 27.1 Å². The quantitative estimate of drug-likeness (QED) is 0.650. The lowest BCUT2D eigenvalue weighted by Gasteiger charge is -2.13. The van der Waals surface area contributed by atoms with Crippen LogP contribution in [0, 0.1) is 0 Å². The summed E-state index contributed by atoms with van der Waals surface area (Å²) in [5.74, 6) is 1.58. The molecule has 0 radical (unpaired) electrons. The lowest BCUT2D eigenvalue weighted by molar-refractivity contribution is 0.416. The molecule has 0 amide bonds. The number of methoxy groups -OCH3 is 1. The van der Waals surface area contributed by atoms with E-state index in [-0.39, 0.29) is 0 Å². The molecule has 2 aromatic carbocycles. The highest BCUT2D eigenvalue weighted by molar-refractivity contribution is 7.99. The van der Waals surface area contributed by atoms with Gasteiger partial charge < -0.3 is 4.74 Å². The van der Waals surface area contributed by atoms with E-state index in [9.17, 15) is 0 Å². The van der Waals surface area contributed by atoms with Crippen LogP contribution < -0.4 is 4.74 Å². The second-order valence-corrected chi connectivity index (χ2v) is 6.89. The largest absolute Gasteiger partial charge is 0.496 e. The number of aromatic nitrogens is 3. The number of nitrogens with zero attached hydrogens (tertiary/aromatic N) is 3. The van der Waals surface area contributed by atoms with E-state index in [1.807, 2.05) is 42.5 Å². The van der Waals surface area contributed by atoms with E-state index in [4.69, 9.17) is 4.74 Å². The van der Waals surface area contributed by atoms with Gasteiger partial charge in [0.1, 0.15) is 5.75 Å². The Hall–Kier alpha value is -2.27. The van der Waals surface area contributed by atoms with Crippen molar-refractivity contribution in [3.8, 4) is 22.8 Å². The van der Waals surface area contributed by atoms with Crippen molar-refractivity contribution < 1.29 is 4.74 Å². The van der Waals surface area contributed by atoms with E-state index in [0.717, 1.165) is 28.0 Å². The molecule has 1 aromatic heterocycles. The molecule has 23 heavy (non-hydrogen) atoms. The van der Waals surface area contributed by atoms with Crippen molar-refractivity contribution in [1.82, 2.24) is 14.8 Å². The molecule has 3 aromatic rings. The van der Waals surface area contributed by atoms with Crippen LogP contribution in [0.5, 0.6) is 5.75 Å². The molecule has 1 heterocycles. The molecule has 5 heteroatoms. The molecule has 0 saturated heterocycles. The normalized spacial score (nSPS) is 11.0. The first-order valence-electron chi connectivity index (χ1n) is 7.51. The zero-order chi connectivity index (χ0) is 16.2. The van der Waals surface area contributed by atoms with E-state index >= 15 is 0 Å². The predicted molar refractivity (Wildman–Crippen MR) is 94.3 cm³/mol. The fourth-order valence-corrected chi connectivity index (χ4v) is 3.18. The Labute approximate surface area is 140 Å². The predicted octanol–water partition coefficient (Wildman–Crippen LogP) is 4.44. The maximum atomic E-state index is 5.49. The van der Waals surface area contributed by atoms with Crippen LogP contribution in [0.4, 0.5) is 0 Å². The summed E-state index contributed by atoms with van der Waals surface area (Å²) in [7, 11) is 1.67. The summed E-state index contributed by atoms with van der Waals surface area (Å²) in [5, 5.41) is 10.1. The number of para-hydroxylation sites is 2. The highest BCUT2D eigenvalue weighted by Crippen LogP contribution is 2.33. The van der Waals surface area contributed by atoms with Gasteiger partial charge in [-0.3, -0.25) is 4.57 Å². The van der Waals surface area contributed by atoms with Gasteiger partial charge in [0, 0.05) is 10.9 Å². The van der Waals surface area contributed by atoms with Crippen LogP contribution in [0.25, 0.3) is 17.1 Å². The molecule has 0 fully saturated rings. The molecule has 4 nitrogen and oxygen atoms in total. The summed E-state index contributed by atoms with van der Waals surface area (Å²) in [6.07, 6.45) is 0. The molecule has 0 atom stereocenters. The van der Waals surface area contributed by atoms with Gasteiger partial charge in [-0.05, 0) is 24.3 Å². The van der Waals surface area contributed by atoms with Gasteiger partial charge in [-0.15, -0.1) is 10.2 Å². The number of hydrogen-bond donors (Lipinski definition) is 0. The first-order chi connectivity index (χ1) is 11.2. The van der Waals surface area contributed by atoms with Crippen LogP contribution in [0.1, 0.15) is 13.8 Å². The van der Waals surface area contributed by atoms with Gasteiger partial charge in [0.05, 0.1) is 12.7 Å². The number of benzene rings is 2. The second kappa shape index (κ2) is 6.87. The highest BCUT2D eigenvalue weighted by atomic mass is 32.2. The maximum absolute atomic E-state index is 5.49. The minimum atomic E-state index is 0.423. The summed E-state index contributed by atoms with van der Waals surface area (Å²) in [6.45, 7) is 4.30. The molecule has 0 spiro atoms. The van der Waals surface area contributed by atoms with Crippen molar-refractivity contribution in [2.45, 2.75) is 24.3 Å². The van der Waals surface area contributed by atoms with Gasteiger partial charge in [-0.1, -0.05) is 55.9 Å². The fraction of sp³-hybridized carbons (Fsp3) is 0.222. The topological polar surface area (TPSA) is 39.9 Å². The standard InChI is InChI=1S/C18H19N3OS/c1-13(2)23-18-20-19-17(15-11-7-8-12-16(15)22-3)21(18)14-9-5-4-6-10-14/h4-13H,1-3H3. The lowest BCUT2D eigenvalue weighted by Crippen LogP contribution is -2.02. The van der Waals surface area contributed by atoms with E-state index in [0.29, 0.717) is 5.25 Å². The monoisotopic (exact) mass is 325 g/mol. The van der Waals surface area contributed by atoms with Crippen molar-refractivity contribution in [2.75, 3.05) is 7.11 Å². The van der Waals surface area contributed by atoms with Gasteiger partial charge in [0.15, 0.2) is 11.0 Å². The van der Waals surface area contributed by atoms with Crippen LogP contribution >= 0.6 is 11.8 Å². The smallest absolute Gasteiger partial charge is 0.196 e. The average molecular weight is 325 g/mol. The number of thioether (sulfide) groups is 1. The van der Waals surface area contributed by atoms with Crippen molar-refractivity contribution in [3.05, 3.63) is 54.6 Å². The zero-order valence-corrected chi connectivity index (χ0v) is 14.2. The Morgan fingerprint density at radius 1 is 0.957 bits per heavy atom. The van der Waals surface area contributed by atoms with Crippen molar-refractivity contribution in [1.29, 1.82) is 0 Å². The van der Waals surface area contributed by atoms with E-state index < -0.39 is 0 Å². The molecule has 0 bridgehead atoms. The minimum absolute atomic E-state index is 0.423. The third-order valence-electron chi connectivity index (χ3n) is 3.34. The van der Waals surface area contributed by atoms with Crippen LogP contribution in [0.2, 0.25) is 0 Å². The summed E-state index contributed by atoms with van der Waals surface area (Å²) in [5.41, 5.74) is 1.98. The van der Waals surface area contributed by atoms with Gasteiger partial charge in [0.25, 0.3) is 0 Å². The van der Waals surface area contributed by atoms with Gasteiger partial charge in [-0.25, -0.2) is 0 Å². The summed E-state index contributed by atoms with van der Waals surface area (Å²) >= 11 is 1.70. The van der Waals surface area contributed by atoms with E-state index in [1.165, 1.54) is 0 Å². The molecule has 0 unspecified atom stereocenters. The SMILES string of the molecule is COc1ccccc1-c1nnc(SC(C)C)n1-c1ccccc1. The zero-order valence-electron chi connectivity index (χ0n) is 13.4. The Bertz CT molecular complexity index is 784. The molecule has 0 aliphatic rings. The molecule has 3 rings (SSSR count). The molecule has 0 aliphatic heterocycles. The van der Waals surface area contributed by atoms with E-state index in [2.05, 4.69) is 40.7 Å². The van der Waals surface area contributed by atoms with Crippen molar-refractivity contribution >= 4 is 11.8 Å². The Morgan fingerprint density at radius 2 is 1.65 bits per heavy atom. The molecule has 0 N–H and O–H groups in total. The molecule has 0 saturated carbocycles. The average Bonchev–Trinajstić information content (AvgIpc) is 2.98. The van der Waals surface area contributed by atoms with Crippen LogP contribution in [-0.2, 0) is 0 Å². The second-order valence-electron chi connectivity index (χ2n) is 5.34. The number of rotatable bonds is 5. The van der Waals surface area contributed by atoms with Crippen LogP contribution in [0.15, 0.2) is 59.8 Å². The first kappa shape index (κ1) is 15.6. The Kier molecular flexibility index (Phi) is 4.67. The third-order valence-corrected chi connectivity index (χ3v) is 4.28. The highest BCUT2D eigenvalue weighted by Gasteiger charge is 2.19.